The molecule has 7 nitrogen and oxygen atoms in total. The number of imide groups is 2. The van der Waals surface area contributed by atoms with E-state index in [9.17, 15) is 14.4 Å². The maximum atomic E-state index is 12.7. The lowest BCUT2D eigenvalue weighted by Crippen LogP contribution is -2.58. The summed E-state index contributed by atoms with van der Waals surface area (Å²) in [6.45, 7) is 1.85. The van der Waals surface area contributed by atoms with Gasteiger partial charge in [0.15, 0.2) is 5.92 Å². The van der Waals surface area contributed by atoms with Crippen molar-refractivity contribution in [3.05, 3.63) is 54.1 Å². The Balaban J connectivity index is 1.89. The number of urea groups is 1. The van der Waals surface area contributed by atoms with Crippen molar-refractivity contribution in [2.24, 2.45) is 10.9 Å². The zero-order valence-electron chi connectivity index (χ0n) is 14.3. The predicted molar refractivity (Wildman–Crippen MR) is 96.8 cm³/mol. The first kappa shape index (κ1) is 17.3. The highest BCUT2D eigenvalue weighted by molar-refractivity contribution is 6.32. The lowest BCUT2D eigenvalue weighted by atomic mass is 10.1. The minimum atomic E-state index is -1.19. The van der Waals surface area contributed by atoms with Gasteiger partial charge < -0.3 is 4.74 Å². The minimum Gasteiger partial charge on any atom is -0.497 e. The van der Waals surface area contributed by atoms with Gasteiger partial charge >= 0.3 is 6.03 Å². The summed E-state index contributed by atoms with van der Waals surface area (Å²) < 4.78 is 5.12. The molecule has 2 aromatic carbocycles. The summed E-state index contributed by atoms with van der Waals surface area (Å²) in [6.07, 6.45) is 1.24. The van der Waals surface area contributed by atoms with Crippen molar-refractivity contribution in [3.63, 3.8) is 0 Å². The van der Waals surface area contributed by atoms with Crippen LogP contribution in [0.4, 0.5) is 16.2 Å². The smallest absolute Gasteiger partial charge is 0.335 e. The highest BCUT2D eigenvalue weighted by atomic mass is 16.5. The zero-order valence-corrected chi connectivity index (χ0v) is 14.3. The molecule has 132 valence electrons. The average Bonchev–Trinajstić information content (AvgIpc) is 2.61. The van der Waals surface area contributed by atoms with Gasteiger partial charge in [0.25, 0.3) is 5.91 Å². The van der Waals surface area contributed by atoms with Gasteiger partial charge in [0.1, 0.15) is 5.75 Å². The van der Waals surface area contributed by atoms with Crippen LogP contribution in [0.2, 0.25) is 0 Å². The van der Waals surface area contributed by atoms with Crippen molar-refractivity contribution in [2.75, 3.05) is 12.0 Å². The van der Waals surface area contributed by atoms with Crippen molar-refractivity contribution < 1.29 is 19.1 Å². The number of aryl methyl sites for hydroxylation is 1. The van der Waals surface area contributed by atoms with E-state index < -0.39 is 23.8 Å². The number of nitrogens with zero attached hydrogens (tertiary/aromatic N) is 2. The molecule has 4 amide bonds. The number of hydrogen-bond donors (Lipinski definition) is 1. The van der Waals surface area contributed by atoms with Crippen LogP contribution in [0.5, 0.6) is 5.75 Å². The van der Waals surface area contributed by atoms with E-state index in [1.807, 2.05) is 13.0 Å². The van der Waals surface area contributed by atoms with Gasteiger partial charge in [-0.3, -0.25) is 19.9 Å². The van der Waals surface area contributed by atoms with Gasteiger partial charge in [-0.05, 0) is 36.8 Å². The molecule has 1 N–H and O–H groups in total. The SMILES string of the molecule is COc1cccc(N=C[C@@H]2C(=O)NC(=O)N(c3cccc(C)c3)C2=O)c1. The molecule has 1 atom stereocenters. The number of carbonyl (C=O) groups is 3. The number of rotatable bonds is 4. The molecule has 0 saturated carbocycles. The second-order valence-corrected chi connectivity index (χ2v) is 5.76. The van der Waals surface area contributed by atoms with Crippen LogP contribution < -0.4 is 15.0 Å². The summed E-state index contributed by atoms with van der Waals surface area (Å²) in [5, 5.41) is 2.20. The molecule has 1 saturated heterocycles. The number of barbiturate groups is 1. The number of aliphatic imine (C=N–C) groups is 1. The van der Waals surface area contributed by atoms with Crippen LogP contribution in [0.15, 0.2) is 53.5 Å². The fourth-order valence-corrected chi connectivity index (χ4v) is 2.58. The number of hydrogen-bond acceptors (Lipinski definition) is 5. The first-order valence-electron chi connectivity index (χ1n) is 7.93. The summed E-state index contributed by atoms with van der Waals surface area (Å²) in [5.41, 5.74) is 1.82. The van der Waals surface area contributed by atoms with Gasteiger partial charge in [-0.2, -0.15) is 0 Å². The Labute approximate surface area is 150 Å². The number of anilines is 1. The Kier molecular flexibility index (Phi) is 4.79. The van der Waals surface area contributed by atoms with Crippen LogP contribution in [-0.2, 0) is 9.59 Å². The largest absolute Gasteiger partial charge is 0.497 e. The molecule has 0 bridgehead atoms. The van der Waals surface area contributed by atoms with Crippen LogP contribution in [-0.4, -0.2) is 31.2 Å². The van der Waals surface area contributed by atoms with Gasteiger partial charge in [-0.25, -0.2) is 9.69 Å². The topological polar surface area (TPSA) is 88.1 Å². The number of ether oxygens (including phenoxy) is 1. The van der Waals surface area contributed by atoms with Crippen molar-refractivity contribution in [1.29, 1.82) is 0 Å². The summed E-state index contributed by atoms with van der Waals surface area (Å²) in [6, 6.07) is 13.0. The van der Waals surface area contributed by atoms with Crippen LogP contribution in [0.3, 0.4) is 0 Å². The first-order chi connectivity index (χ1) is 12.5. The fourth-order valence-electron chi connectivity index (χ4n) is 2.58. The molecule has 1 aliphatic rings. The van der Waals surface area contributed by atoms with E-state index >= 15 is 0 Å². The van der Waals surface area contributed by atoms with Gasteiger partial charge in [0.05, 0.1) is 18.5 Å². The van der Waals surface area contributed by atoms with E-state index in [1.54, 1.807) is 42.5 Å². The highest BCUT2D eigenvalue weighted by Crippen LogP contribution is 2.23. The Morgan fingerprint density at radius 3 is 2.62 bits per heavy atom. The Morgan fingerprint density at radius 2 is 1.88 bits per heavy atom. The summed E-state index contributed by atoms with van der Waals surface area (Å²) >= 11 is 0. The molecule has 26 heavy (non-hydrogen) atoms. The molecule has 0 aromatic heterocycles. The summed E-state index contributed by atoms with van der Waals surface area (Å²) in [7, 11) is 1.53. The third kappa shape index (κ3) is 3.46. The average molecular weight is 351 g/mol. The van der Waals surface area contributed by atoms with Crippen LogP contribution in [0.1, 0.15) is 5.56 Å². The number of carbonyl (C=O) groups excluding carboxylic acids is 3. The maximum absolute atomic E-state index is 12.7. The summed E-state index contributed by atoms with van der Waals surface area (Å²) in [5.74, 6) is -1.93. The van der Waals surface area contributed by atoms with Crippen LogP contribution in [0, 0.1) is 12.8 Å². The highest BCUT2D eigenvalue weighted by Gasteiger charge is 2.40. The predicted octanol–water partition coefficient (Wildman–Crippen LogP) is 2.61. The van der Waals surface area contributed by atoms with E-state index in [0.29, 0.717) is 17.1 Å². The van der Waals surface area contributed by atoms with E-state index in [4.69, 9.17) is 4.74 Å². The number of methoxy groups -OCH3 is 1. The number of benzene rings is 2. The molecule has 0 aliphatic carbocycles. The van der Waals surface area contributed by atoms with E-state index in [-0.39, 0.29) is 0 Å². The van der Waals surface area contributed by atoms with Gasteiger partial charge in [0.2, 0.25) is 5.91 Å². The van der Waals surface area contributed by atoms with Crippen molar-refractivity contribution in [1.82, 2.24) is 5.32 Å². The first-order valence-corrected chi connectivity index (χ1v) is 7.93. The third-order valence-corrected chi connectivity index (χ3v) is 3.89. The second-order valence-electron chi connectivity index (χ2n) is 5.76. The summed E-state index contributed by atoms with van der Waals surface area (Å²) in [4.78, 5) is 42.1. The fraction of sp³-hybridized carbons (Fsp3) is 0.158. The lowest BCUT2D eigenvalue weighted by molar-refractivity contribution is -0.131. The molecule has 1 aliphatic heterocycles. The molecule has 2 aromatic rings. The monoisotopic (exact) mass is 351 g/mol. The van der Waals surface area contributed by atoms with E-state index in [2.05, 4.69) is 10.3 Å². The molecule has 1 fully saturated rings. The lowest BCUT2D eigenvalue weighted by Gasteiger charge is -2.28. The van der Waals surface area contributed by atoms with Gasteiger partial charge in [-0.1, -0.05) is 18.2 Å². The molecule has 0 unspecified atom stereocenters. The quantitative estimate of drug-likeness (QED) is 0.677. The van der Waals surface area contributed by atoms with Crippen molar-refractivity contribution >= 4 is 35.4 Å². The third-order valence-electron chi connectivity index (χ3n) is 3.89. The molecule has 7 heteroatoms. The molecule has 0 spiro atoms. The molecule has 1 heterocycles. The van der Waals surface area contributed by atoms with Crippen molar-refractivity contribution in [2.45, 2.75) is 6.92 Å². The Bertz CT molecular complexity index is 907. The van der Waals surface area contributed by atoms with Crippen LogP contribution in [0.25, 0.3) is 0 Å². The minimum absolute atomic E-state index is 0.403. The van der Waals surface area contributed by atoms with E-state index in [0.717, 1.165) is 10.5 Å². The number of amides is 4. The standard InChI is InChI=1S/C19H17N3O4/c1-12-5-3-7-14(9-12)22-18(24)16(17(23)21-19(22)25)11-20-13-6-4-8-15(10-13)26-2/h3-11,16H,1-2H3,(H,21,23,25)/t16-/m1/s1. The van der Waals surface area contributed by atoms with Crippen LogP contribution >= 0.6 is 0 Å². The molecule has 0 radical (unpaired) electrons. The zero-order chi connectivity index (χ0) is 18.7. The molecular weight excluding hydrogens is 334 g/mol. The number of nitrogens with one attached hydrogen (secondary N) is 1. The molecule has 3 rings (SSSR count). The maximum Gasteiger partial charge on any atom is 0.335 e. The van der Waals surface area contributed by atoms with Gasteiger partial charge in [-0.15, -0.1) is 0 Å². The van der Waals surface area contributed by atoms with Gasteiger partial charge in [0, 0.05) is 12.3 Å². The Hall–Kier alpha value is -3.48. The molecular formula is C19H17N3O4. The second kappa shape index (κ2) is 7.18. The normalized spacial score (nSPS) is 17.5. The van der Waals surface area contributed by atoms with E-state index in [1.165, 1.54) is 13.3 Å². The Morgan fingerprint density at radius 1 is 1.12 bits per heavy atom. The van der Waals surface area contributed by atoms with Crippen molar-refractivity contribution in [3.8, 4) is 5.75 Å².